The first kappa shape index (κ1) is 26.4. The van der Waals surface area contributed by atoms with E-state index < -0.39 is 11.7 Å². The lowest BCUT2D eigenvalue weighted by atomic mass is 10.1. The minimum absolute atomic E-state index is 0.0885. The summed E-state index contributed by atoms with van der Waals surface area (Å²) in [6, 6.07) is 10.8. The Labute approximate surface area is 203 Å². The van der Waals surface area contributed by atoms with Crippen molar-refractivity contribution in [3.05, 3.63) is 57.8 Å². The van der Waals surface area contributed by atoms with Crippen molar-refractivity contribution in [2.24, 2.45) is 0 Å². The van der Waals surface area contributed by atoms with Gasteiger partial charge in [0.15, 0.2) is 11.5 Å². The number of nitrogens with one attached hydrogen (secondary N) is 1. The quantitative estimate of drug-likeness (QED) is 0.172. The molecule has 0 aliphatic carbocycles. The maximum Gasteiger partial charge on any atom is 0.266 e. The van der Waals surface area contributed by atoms with Gasteiger partial charge in [0, 0.05) is 5.69 Å². The van der Waals surface area contributed by atoms with Crippen LogP contribution in [0.15, 0.2) is 46.4 Å². The second-order valence-electron chi connectivity index (χ2n) is 7.51. The van der Waals surface area contributed by atoms with E-state index in [1.54, 1.807) is 12.1 Å². The Morgan fingerprint density at radius 2 is 1.79 bits per heavy atom. The first-order chi connectivity index (χ1) is 16.0. The molecule has 0 aromatic heterocycles. The third-order valence-corrected chi connectivity index (χ3v) is 5.44. The fraction of sp³-hybridized carbons (Fsp3) is 0.385. The van der Waals surface area contributed by atoms with E-state index in [1.807, 2.05) is 13.0 Å². The van der Waals surface area contributed by atoms with Crippen LogP contribution in [0.5, 0.6) is 11.5 Å². The fourth-order valence-electron chi connectivity index (χ4n) is 3.18. The molecule has 0 unspecified atom stereocenters. The molecule has 1 amide bonds. The Morgan fingerprint density at radius 3 is 2.45 bits per heavy atom. The molecule has 2 aromatic rings. The van der Waals surface area contributed by atoms with Crippen molar-refractivity contribution in [2.75, 3.05) is 18.5 Å². The lowest BCUT2D eigenvalue weighted by molar-refractivity contribution is -0.112. The van der Waals surface area contributed by atoms with Crippen LogP contribution in [-0.2, 0) is 4.79 Å². The van der Waals surface area contributed by atoms with Crippen LogP contribution < -0.4 is 14.8 Å². The summed E-state index contributed by atoms with van der Waals surface area (Å²) in [4.78, 5) is 12.5. The van der Waals surface area contributed by atoms with Crippen LogP contribution >= 0.6 is 15.9 Å². The zero-order valence-corrected chi connectivity index (χ0v) is 20.7. The molecule has 0 aliphatic heterocycles. The summed E-state index contributed by atoms with van der Waals surface area (Å²) in [5, 5.41) is 12.1. The highest BCUT2D eigenvalue weighted by atomic mass is 79.9. The van der Waals surface area contributed by atoms with E-state index in [9.17, 15) is 14.4 Å². The van der Waals surface area contributed by atoms with Gasteiger partial charge in [0.2, 0.25) is 0 Å². The Hall–Kier alpha value is -2.85. The summed E-state index contributed by atoms with van der Waals surface area (Å²) in [6.07, 6.45) is 8.51. The van der Waals surface area contributed by atoms with Crippen molar-refractivity contribution in [3.63, 3.8) is 0 Å². The summed E-state index contributed by atoms with van der Waals surface area (Å²) in [5.41, 5.74) is 0.926. The molecule has 7 heteroatoms. The van der Waals surface area contributed by atoms with E-state index in [4.69, 9.17) is 9.47 Å². The van der Waals surface area contributed by atoms with Gasteiger partial charge in [0.05, 0.1) is 17.7 Å². The SMILES string of the molecule is CCCCCCCCOc1c(Br)cc(/C=C(\C#N)C(=O)Nc2ccc(F)cc2)cc1OCC. The molecule has 0 bridgehead atoms. The van der Waals surface area contributed by atoms with Crippen molar-refractivity contribution in [2.45, 2.75) is 52.4 Å². The molecular formula is C26H30BrFN2O3. The van der Waals surface area contributed by atoms with E-state index >= 15 is 0 Å². The molecule has 176 valence electrons. The van der Waals surface area contributed by atoms with Crippen molar-refractivity contribution >= 4 is 33.6 Å². The molecule has 0 radical (unpaired) electrons. The van der Waals surface area contributed by atoms with Gasteiger partial charge in [-0.25, -0.2) is 4.39 Å². The summed E-state index contributed by atoms with van der Waals surface area (Å²) in [6.45, 7) is 5.11. The van der Waals surface area contributed by atoms with Crippen LogP contribution in [0.2, 0.25) is 0 Å². The molecule has 1 N–H and O–H groups in total. The predicted molar refractivity (Wildman–Crippen MR) is 133 cm³/mol. The number of hydrogen-bond donors (Lipinski definition) is 1. The number of nitriles is 1. The molecule has 0 saturated heterocycles. The number of halogens is 2. The molecule has 0 spiro atoms. The minimum Gasteiger partial charge on any atom is -0.490 e. The number of hydrogen-bond acceptors (Lipinski definition) is 4. The summed E-state index contributed by atoms with van der Waals surface area (Å²) in [7, 11) is 0. The third-order valence-electron chi connectivity index (χ3n) is 4.85. The molecule has 0 atom stereocenters. The molecule has 0 aliphatic rings. The number of amides is 1. The number of ether oxygens (including phenoxy) is 2. The Bertz CT molecular complexity index is 984. The van der Waals surface area contributed by atoms with E-state index in [0.717, 1.165) is 12.8 Å². The van der Waals surface area contributed by atoms with Gasteiger partial charge in [-0.2, -0.15) is 5.26 Å². The maximum absolute atomic E-state index is 13.1. The summed E-state index contributed by atoms with van der Waals surface area (Å²) >= 11 is 3.53. The van der Waals surface area contributed by atoms with Gasteiger partial charge in [-0.1, -0.05) is 39.0 Å². The predicted octanol–water partition coefficient (Wildman–Crippen LogP) is 7.27. The monoisotopic (exact) mass is 516 g/mol. The number of unbranched alkanes of at least 4 members (excludes halogenated alkanes) is 5. The number of rotatable bonds is 13. The van der Waals surface area contributed by atoms with Gasteiger partial charge in [-0.05, 0) is 77.3 Å². The normalized spacial score (nSPS) is 11.1. The molecule has 2 aromatic carbocycles. The van der Waals surface area contributed by atoms with Crippen molar-refractivity contribution in [3.8, 4) is 17.6 Å². The molecule has 0 heterocycles. The van der Waals surface area contributed by atoms with E-state index in [0.29, 0.717) is 40.4 Å². The lowest BCUT2D eigenvalue weighted by Gasteiger charge is -2.15. The van der Waals surface area contributed by atoms with Gasteiger partial charge >= 0.3 is 0 Å². The van der Waals surface area contributed by atoms with Crippen LogP contribution in [-0.4, -0.2) is 19.1 Å². The Balaban J connectivity index is 2.11. The highest BCUT2D eigenvalue weighted by Gasteiger charge is 2.14. The molecular weight excluding hydrogens is 487 g/mol. The van der Waals surface area contributed by atoms with Gasteiger partial charge in [0.25, 0.3) is 5.91 Å². The van der Waals surface area contributed by atoms with E-state index in [1.165, 1.54) is 56.0 Å². The number of benzene rings is 2. The van der Waals surface area contributed by atoms with Gasteiger partial charge in [0.1, 0.15) is 17.5 Å². The van der Waals surface area contributed by atoms with Crippen molar-refractivity contribution < 1.29 is 18.7 Å². The van der Waals surface area contributed by atoms with Gasteiger partial charge in [-0.15, -0.1) is 0 Å². The number of nitrogens with zero attached hydrogens (tertiary/aromatic N) is 1. The summed E-state index contributed by atoms with van der Waals surface area (Å²) in [5.74, 6) is 0.162. The van der Waals surface area contributed by atoms with E-state index in [2.05, 4.69) is 28.2 Å². The van der Waals surface area contributed by atoms with Crippen LogP contribution in [0.4, 0.5) is 10.1 Å². The van der Waals surface area contributed by atoms with Crippen LogP contribution in [0, 0.1) is 17.1 Å². The fourth-order valence-corrected chi connectivity index (χ4v) is 3.75. The topological polar surface area (TPSA) is 71.3 Å². The average Bonchev–Trinajstić information content (AvgIpc) is 2.80. The molecule has 2 rings (SSSR count). The lowest BCUT2D eigenvalue weighted by Crippen LogP contribution is -2.13. The summed E-state index contributed by atoms with van der Waals surface area (Å²) < 4.78 is 25.5. The minimum atomic E-state index is -0.582. The first-order valence-corrected chi connectivity index (χ1v) is 12.1. The van der Waals surface area contributed by atoms with E-state index in [-0.39, 0.29) is 5.57 Å². The maximum atomic E-state index is 13.1. The van der Waals surface area contributed by atoms with Crippen LogP contribution in [0.25, 0.3) is 6.08 Å². The van der Waals surface area contributed by atoms with Crippen LogP contribution in [0.1, 0.15) is 57.9 Å². The average molecular weight is 517 g/mol. The number of carbonyl (C=O) groups excluding carboxylic acids is 1. The third kappa shape index (κ3) is 8.89. The number of anilines is 1. The van der Waals surface area contributed by atoms with Gasteiger partial charge in [-0.3, -0.25) is 4.79 Å². The zero-order valence-electron chi connectivity index (χ0n) is 19.1. The Morgan fingerprint density at radius 1 is 1.09 bits per heavy atom. The van der Waals surface area contributed by atoms with Gasteiger partial charge < -0.3 is 14.8 Å². The molecule has 5 nitrogen and oxygen atoms in total. The first-order valence-electron chi connectivity index (χ1n) is 11.3. The second kappa shape index (κ2) is 14.3. The zero-order chi connectivity index (χ0) is 24.1. The number of carbonyl (C=O) groups is 1. The molecule has 0 fully saturated rings. The second-order valence-corrected chi connectivity index (χ2v) is 8.36. The standard InChI is InChI=1S/C26H30BrFN2O3/c1-3-5-6-7-8-9-14-33-25-23(27)16-19(17-24(25)32-4-2)15-20(18-29)26(31)30-22-12-10-21(28)11-13-22/h10-13,15-17H,3-9,14H2,1-2H3,(H,30,31)/b20-15+. The molecule has 33 heavy (non-hydrogen) atoms. The Kier molecular flexibility index (Phi) is 11.5. The largest absolute Gasteiger partial charge is 0.490 e. The van der Waals surface area contributed by atoms with Crippen LogP contribution in [0.3, 0.4) is 0 Å². The highest BCUT2D eigenvalue weighted by Crippen LogP contribution is 2.37. The highest BCUT2D eigenvalue weighted by molar-refractivity contribution is 9.10. The van der Waals surface area contributed by atoms with Crippen molar-refractivity contribution in [1.29, 1.82) is 5.26 Å². The molecule has 0 saturated carbocycles. The van der Waals surface area contributed by atoms with Crippen molar-refractivity contribution in [1.82, 2.24) is 0 Å². The smallest absolute Gasteiger partial charge is 0.266 e.